The van der Waals surface area contributed by atoms with E-state index in [9.17, 15) is 19.5 Å². The molecule has 0 atom stereocenters. The molecule has 0 aliphatic rings. The molecule has 2 aromatic rings. The number of rotatable bonds is 6. The van der Waals surface area contributed by atoms with Crippen LogP contribution in [0.5, 0.6) is 0 Å². The second kappa shape index (κ2) is 7.48. The number of thiophene rings is 1. The summed E-state index contributed by atoms with van der Waals surface area (Å²) in [5.74, 6) is -1.45. The molecule has 25 heavy (non-hydrogen) atoms. The van der Waals surface area contributed by atoms with E-state index in [1.165, 1.54) is 16.2 Å². The molecule has 0 radical (unpaired) electrons. The molecule has 0 aliphatic heterocycles. The number of carboxylic acid groups (broad SMARTS) is 1. The molecule has 2 amide bonds. The molecule has 0 spiro atoms. The van der Waals surface area contributed by atoms with E-state index in [4.69, 9.17) is 0 Å². The summed E-state index contributed by atoms with van der Waals surface area (Å²) in [7, 11) is 1.57. The zero-order chi connectivity index (χ0) is 18.6. The topological polar surface area (TPSA) is 86.7 Å². The largest absolute Gasteiger partial charge is 0.481 e. The fourth-order valence-corrected chi connectivity index (χ4v) is 2.89. The first-order valence-electron chi connectivity index (χ1n) is 7.64. The Labute approximate surface area is 150 Å². The maximum Gasteiger partial charge on any atom is 0.313 e. The quantitative estimate of drug-likeness (QED) is 0.829. The van der Waals surface area contributed by atoms with Crippen molar-refractivity contribution in [2.45, 2.75) is 19.3 Å². The molecule has 1 aromatic carbocycles. The summed E-state index contributed by atoms with van der Waals surface area (Å²) < 4.78 is 0. The number of likely N-dealkylation sites (N-methyl/N-ethyl adjacent to an activating group) is 1. The van der Waals surface area contributed by atoms with Crippen molar-refractivity contribution in [1.82, 2.24) is 4.90 Å². The first-order valence-corrected chi connectivity index (χ1v) is 8.52. The minimum atomic E-state index is -1.00. The zero-order valence-corrected chi connectivity index (χ0v) is 15.1. The van der Waals surface area contributed by atoms with Gasteiger partial charge in [0.2, 0.25) is 5.91 Å². The van der Waals surface area contributed by atoms with Crippen molar-refractivity contribution in [3.8, 4) is 0 Å². The smallest absolute Gasteiger partial charge is 0.313 e. The van der Waals surface area contributed by atoms with Crippen LogP contribution in [0.3, 0.4) is 0 Å². The van der Waals surface area contributed by atoms with E-state index in [1.54, 1.807) is 62.7 Å². The Morgan fingerprint density at radius 1 is 1.16 bits per heavy atom. The van der Waals surface area contributed by atoms with Crippen LogP contribution < -0.4 is 5.32 Å². The number of carboxylic acids is 1. The maximum absolute atomic E-state index is 12.1. The van der Waals surface area contributed by atoms with Gasteiger partial charge in [-0.3, -0.25) is 14.4 Å². The van der Waals surface area contributed by atoms with Crippen molar-refractivity contribution in [2.24, 2.45) is 0 Å². The highest BCUT2D eigenvalue weighted by atomic mass is 32.1. The Morgan fingerprint density at radius 2 is 1.80 bits per heavy atom. The summed E-state index contributed by atoms with van der Waals surface area (Å²) in [5.41, 5.74) is 0.186. The fraction of sp³-hybridized carbons (Fsp3) is 0.278. The van der Waals surface area contributed by atoms with Crippen molar-refractivity contribution in [2.75, 3.05) is 18.9 Å². The van der Waals surface area contributed by atoms with Crippen molar-refractivity contribution < 1.29 is 19.5 Å². The predicted molar refractivity (Wildman–Crippen MR) is 97.0 cm³/mol. The lowest BCUT2D eigenvalue weighted by atomic mass is 9.85. The van der Waals surface area contributed by atoms with Crippen LogP contribution in [-0.2, 0) is 15.0 Å². The summed E-state index contributed by atoms with van der Waals surface area (Å²) in [6.07, 6.45) is 0. The van der Waals surface area contributed by atoms with E-state index < -0.39 is 11.4 Å². The molecule has 0 unspecified atom stereocenters. The van der Waals surface area contributed by atoms with Gasteiger partial charge in [0.25, 0.3) is 5.91 Å². The first-order chi connectivity index (χ1) is 11.7. The summed E-state index contributed by atoms with van der Waals surface area (Å²) >= 11 is 1.33. The minimum absolute atomic E-state index is 0.0703. The number of anilines is 1. The number of carbonyl (C=O) groups excluding carboxylic acids is 2. The Kier molecular flexibility index (Phi) is 5.58. The average Bonchev–Trinajstić information content (AvgIpc) is 3.08. The average molecular weight is 360 g/mol. The van der Waals surface area contributed by atoms with Gasteiger partial charge < -0.3 is 15.3 Å². The summed E-state index contributed by atoms with van der Waals surface area (Å²) in [6, 6.07) is 10.1. The number of hydrogen-bond donors (Lipinski definition) is 2. The lowest BCUT2D eigenvalue weighted by Gasteiger charge is -2.20. The van der Waals surface area contributed by atoms with Crippen LogP contribution >= 0.6 is 11.3 Å². The van der Waals surface area contributed by atoms with Gasteiger partial charge in [-0.15, -0.1) is 11.3 Å². The third kappa shape index (κ3) is 4.45. The summed E-state index contributed by atoms with van der Waals surface area (Å²) in [5, 5.41) is 13.7. The molecule has 0 fully saturated rings. The molecule has 7 heteroatoms. The molecular formula is C18H20N2O4S. The van der Waals surface area contributed by atoms with Gasteiger partial charge in [-0.1, -0.05) is 18.2 Å². The molecule has 132 valence electrons. The van der Waals surface area contributed by atoms with E-state index in [1.807, 2.05) is 0 Å². The third-order valence-corrected chi connectivity index (χ3v) is 4.74. The number of hydrogen-bond acceptors (Lipinski definition) is 4. The van der Waals surface area contributed by atoms with Gasteiger partial charge in [0.1, 0.15) is 0 Å². The van der Waals surface area contributed by atoms with Crippen LogP contribution in [-0.4, -0.2) is 41.4 Å². The van der Waals surface area contributed by atoms with Crippen LogP contribution in [0, 0.1) is 0 Å². The second-order valence-electron chi connectivity index (χ2n) is 6.19. The molecule has 0 aliphatic carbocycles. The van der Waals surface area contributed by atoms with Crippen LogP contribution in [0.1, 0.15) is 29.1 Å². The van der Waals surface area contributed by atoms with Gasteiger partial charge in [-0.25, -0.2) is 0 Å². The van der Waals surface area contributed by atoms with Gasteiger partial charge in [0, 0.05) is 12.7 Å². The molecule has 1 aromatic heterocycles. The van der Waals surface area contributed by atoms with Gasteiger partial charge in [-0.05, 0) is 43.0 Å². The van der Waals surface area contributed by atoms with Crippen LogP contribution in [0.25, 0.3) is 0 Å². The number of nitrogens with one attached hydrogen (secondary N) is 1. The number of benzene rings is 1. The van der Waals surface area contributed by atoms with Gasteiger partial charge in [-0.2, -0.15) is 0 Å². The Balaban J connectivity index is 1.97. The van der Waals surface area contributed by atoms with Gasteiger partial charge >= 0.3 is 5.97 Å². The molecule has 1 heterocycles. The molecule has 2 rings (SSSR count). The van der Waals surface area contributed by atoms with Crippen molar-refractivity contribution >= 4 is 34.8 Å². The van der Waals surface area contributed by atoms with Crippen molar-refractivity contribution in [3.05, 3.63) is 52.2 Å². The zero-order valence-electron chi connectivity index (χ0n) is 14.3. The fourth-order valence-electron chi connectivity index (χ4n) is 2.17. The number of aliphatic carboxylic acids is 1. The Bertz CT molecular complexity index is 767. The molecule has 0 bridgehead atoms. The molecule has 6 nitrogen and oxygen atoms in total. The van der Waals surface area contributed by atoms with Crippen LogP contribution in [0.2, 0.25) is 0 Å². The summed E-state index contributed by atoms with van der Waals surface area (Å²) in [6.45, 7) is 3.17. The first kappa shape index (κ1) is 18.7. The van der Waals surface area contributed by atoms with Gasteiger partial charge in [0.15, 0.2) is 0 Å². The van der Waals surface area contributed by atoms with E-state index in [2.05, 4.69) is 5.32 Å². The Morgan fingerprint density at radius 3 is 2.32 bits per heavy atom. The van der Waals surface area contributed by atoms with E-state index in [0.717, 1.165) is 0 Å². The number of carbonyl (C=O) groups is 3. The SMILES string of the molecule is CN(CC(=O)Nc1ccc(C(C)(C)C(=O)O)cc1)C(=O)c1cccs1. The highest BCUT2D eigenvalue weighted by molar-refractivity contribution is 7.12. The maximum atomic E-state index is 12.1. The molecule has 0 saturated carbocycles. The monoisotopic (exact) mass is 360 g/mol. The normalized spacial score (nSPS) is 11.0. The predicted octanol–water partition coefficient (Wildman–Crippen LogP) is 2.82. The lowest BCUT2D eigenvalue weighted by Crippen LogP contribution is -2.34. The highest BCUT2D eigenvalue weighted by Crippen LogP contribution is 2.24. The molecule has 2 N–H and O–H groups in total. The van der Waals surface area contributed by atoms with E-state index >= 15 is 0 Å². The number of nitrogens with zero attached hydrogens (tertiary/aromatic N) is 1. The van der Waals surface area contributed by atoms with E-state index in [-0.39, 0.29) is 18.4 Å². The third-order valence-electron chi connectivity index (χ3n) is 3.88. The lowest BCUT2D eigenvalue weighted by molar-refractivity contribution is -0.142. The van der Waals surface area contributed by atoms with Gasteiger partial charge in [0.05, 0.1) is 16.8 Å². The second-order valence-corrected chi connectivity index (χ2v) is 7.14. The van der Waals surface area contributed by atoms with Crippen molar-refractivity contribution in [1.29, 1.82) is 0 Å². The van der Waals surface area contributed by atoms with Crippen molar-refractivity contribution in [3.63, 3.8) is 0 Å². The molecular weight excluding hydrogens is 340 g/mol. The van der Waals surface area contributed by atoms with E-state index in [0.29, 0.717) is 16.1 Å². The van der Waals surface area contributed by atoms with Crippen LogP contribution in [0.15, 0.2) is 41.8 Å². The summed E-state index contributed by atoms with van der Waals surface area (Å²) in [4.78, 5) is 37.4. The minimum Gasteiger partial charge on any atom is -0.481 e. The molecule has 0 saturated heterocycles. The highest BCUT2D eigenvalue weighted by Gasteiger charge is 2.29. The number of amides is 2. The standard InChI is InChI=1S/C18H20N2O4S/c1-18(2,17(23)24)12-6-8-13(9-7-12)19-15(21)11-20(3)16(22)14-5-4-10-25-14/h4-10H,11H2,1-3H3,(H,19,21)(H,23,24). The van der Waals surface area contributed by atoms with Crippen LogP contribution in [0.4, 0.5) is 5.69 Å². The Hall–Kier alpha value is -2.67.